The summed E-state index contributed by atoms with van der Waals surface area (Å²) in [5.41, 5.74) is 0.365. The molecule has 2 heterocycles. The van der Waals surface area contributed by atoms with E-state index in [1.54, 1.807) is 7.05 Å². The summed E-state index contributed by atoms with van der Waals surface area (Å²) in [5.74, 6) is -1.68. The fourth-order valence-corrected chi connectivity index (χ4v) is 4.21. The Hall–Kier alpha value is -2.33. The van der Waals surface area contributed by atoms with Crippen LogP contribution in [0.5, 0.6) is 0 Å². The molecule has 1 amide bonds. The molecular formula is C17H20F2N4O3S. The van der Waals surface area contributed by atoms with Crippen molar-refractivity contribution in [1.82, 2.24) is 20.0 Å². The van der Waals surface area contributed by atoms with Crippen LogP contribution in [0.25, 0.3) is 11.3 Å². The van der Waals surface area contributed by atoms with E-state index >= 15 is 0 Å². The number of hydrogen-bond acceptors (Lipinski definition) is 5. The summed E-state index contributed by atoms with van der Waals surface area (Å²) < 4.78 is 51.4. The van der Waals surface area contributed by atoms with E-state index in [2.05, 4.69) is 10.4 Å². The van der Waals surface area contributed by atoms with Gasteiger partial charge in [-0.05, 0) is 12.1 Å². The molecule has 2 aromatic rings. The monoisotopic (exact) mass is 398 g/mol. The fourth-order valence-electron chi connectivity index (χ4n) is 2.93. The maximum absolute atomic E-state index is 14.1. The molecule has 3 rings (SSSR count). The molecule has 1 aromatic carbocycles. The van der Waals surface area contributed by atoms with E-state index in [0.29, 0.717) is 26.2 Å². The lowest BCUT2D eigenvalue weighted by Crippen LogP contribution is -2.43. The van der Waals surface area contributed by atoms with Gasteiger partial charge in [0.2, 0.25) is 0 Å². The molecule has 0 bridgehead atoms. The quantitative estimate of drug-likeness (QED) is 0.806. The molecule has 10 heteroatoms. The van der Waals surface area contributed by atoms with Crippen molar-refractivity contribution >= 4 is 15.7 Å². The number of aromatic nitrogens is 2. The Bertz CT molecular complexity index is 945. The van der Waals surface area contributed by atoms with E-state index in [-0.39, 0.29) is 28.3 Å². The third-order valence-corrected chi connectivity index (χ3v) is 6.02. The summed E-state index contributed by atoms with van der Waals surface area (Å²) in [5, 5.41) is 6.86. The normalized spacial score (nSPS) is 17.0. The van der Waals surface area contributed by atoms with Crippen molar-refractivity contribution < 1.29 is 22.0 Å². The molecule has 27 heavy (non-hydrogen) atoms. The Morgan fingerprint density at radius 2 is 1.96 bits per heavy atom. The number of sulfone groups is 1. The van der Waals surface area contributed by atoms with Crippen LogP contribution in [0.3, 0.4) is 0 Å². The molecule has 0 aliphatic carbocycles. The standard InChI is InChI=1S/C17H20F2N4O3S/c1-22-11-14(16(21-22)13-3-2-12(18)10-15(13)19)17(24)20-4-5-23-6-8-27(25,26)9-7-23/h2-3,10-11H,4-9H2,1H3,(H,20,24). The van der Waals surface area contributed by atoms with Crippen molar-refractivity contribution in [1.29, 1.82) is 0 Å². The molecule has 1 fully saturated rings. The Morgan fingerprint density at radius 1 is 1.26 bits per heavy atom. The molecule has 7 nitrogen and oxygen atoms in total. The van der Waals surface area contributed by atoms with Crippen molar-refractivity contribution in [3.63, 3.8) is 0 Å². The fraction of sp³-hybridized carbons (Fsp3) is 0.412. The second-order valence-corrected chi connectivity index (χ2v) is 8.74. The third kappa shape index (κ3) is 4.69. The van der Waals surface area contributed by atoms with Crippen molar-refractivity contribution in [2.75, 3.05) is 37.7 Å². The zero-order valence-corrected chi connectivity index (χ0v) is 15.6. The largest absolute Gasteiger partial charge is 0.351 e. The number of halogens is 2. The Morgan fingerprint density at radius 3 is 2.63 bits per heavy atom. The molecule has 0 atom stereocenters. The summed E-state index contributed by atoms with van der Waals surface area (Å²) in [4.78, 5) is 14.5. The highest BCUT2D eigenvalue weighted by atomic mass is 32.2. The third-order valence-electron chi connectivity index (χ3n) is 4.41. The second kappa shape index (κ2) is 7.73. The molecule has 0 radical (unpaired) electrons. The number of amides is 1. The highest BCUT2D eigenvalue weighted by Crippen LogP contribution is 2.25. The number of hydrogen-bond donors (Lipinski definition) is 1. The van der Waals surface area contributed by atoms with Crippen LogP contribution in [-0.4, -0.2) is 66.7 Å². The number of aryl methyl sites for hydroxylation is 1. The molecular weight excluding hydrogens is 378 g/mol. The summed E-state index contributed by atoms with van der Waals surface area (Å²) in [6, 6.07) is 3.10. The minimum Gasteiger partial charge on any atom is -0.351 e. The van der Waals surface area contributed by atoms with E-state index in [1.807, 2.05) is 4.90 Å². The van der Waals surface area contributed by atoms with Gasteiger partial charge in [-0.15, -0.1) is 0 Å². The van der Waals surface area contributed by atoms with Gasteiger partial charge in [0, 0.05) is 51.1 Å². The number of carbonyl (C=O) groups is 1. The van der Waals surface area contributed by atoms with Crippen LogP contribution in [0.4, 0.5) is 8.78 Å². The first-order chi connectivity index (χ1) is 12.7. The van der Waals surface area contributed by atoms with E-state index in [1.165, 1.54) is 16.9 Å². The Labute approximate surface area is 155 Å². The van der Waals surface area contributed by atoms with Gasteiger partial charge in [-0.25, -0.2) is 17.2 Å². The first-order valence-corrected chi connectivity index (χ1v) is 10.3. The molecule has 1 saturated heterocycles. The Kier molecular flexibility index (Phi) is 5.56. The van der Waals surface area contributed by atoms with Crippen molar-refractivity contribution in [2.45, 2.75) is 0 Å². The predicted octanol–water partition coefficient (Wildman–Crippen LogP) is 0.826. The molecule has 0 saturated carbocycles. The van der Waals surface area contributed by atoms with Gasteiger partial charge in [-0.2, -0.15) is 5.10 Å². The summed E-state index contributed by atoms with van der Waals surface area (Å²) >= 11 is 0. The zero-order chi connectivity index (χ0) is 19.6. The molecule has 146 valence electrons. The molecule has 1 aromatic heterocycles. The predicted molar refractivity (Wildman–Crippen MR) is 96.0 cm³/mol. The average molecular weight is 398 g/mol. The number of rotatable bonds is 5. The molecule has 0 unspecified atom stereocenters. The van der Waals surface area contributed by atoms with Crippen LogP contribution in [-0.2, 0) is 16.9 Å². The van der Waals surface area contributed by atoms with Crippen LogP contribution < -0.4 is 5.32 Å². The minimum absolute atomic E-state index is 0.0448. The van der Waals surface area contributed by atoms with Gasteiger partial charge in [-0.1, -0.05) is 0 Å². The molecule has 1 aliphatic heterocycles. The van der Waals surface area contributed by atoms with Gasteiger partial charge < -0.3 is 5.32 Å². The highest BCUT2D eigenvalue weighted by molar-refractivity contribution is 7.91. The van der Waals surface area contributed by atoms with E-state index in [9.17, 15) is 22.0 Å². The smallest absolute Gasteiger partial charge is 0.255 e. The topological polar surface area (TPSA) is 84.3 Å². The summed E-state index contributed by atoms with van der Waals surface area (Å²) in [7, 11) is -1.34. The van der Waals surface area contributed by atoms with Crippen molar-refractivity contribution in [3.8, 4) is 11.3 Å². The SMILES string of the molecule is Cn1cc(C(=O)NCCN2CCS(=O)(=O)CC2)c(-c2ccc(F)cc2F)n1. The van der Waals surface area contributed by atoms with Gasteiger partial charge >= 0.3 is 0 Å². The van der Waals surface area contributed by atoms with Crippen LogP contribution in [0.15, 0.2) is 24.4 Å². The lowest BCUT2D eigenvalue weighted by Gasteiger charge is -2.26. The van der Waals surface area contributed by atoms with Crippen LogP contribution >= 0.6 is 0 Å². The van der Waals surface area contributed by atoms with Crippen molar-refractivity contribution in [3.05, 3.63) is 41.6 Å². The number of nitrogens with one attached hydrogen (secondary N) is 1. The minimum atomic E-state index is -2.94. The summed E-state index contributed by atoms with van der Waals surface area (Å²) in [6.45, 7) is 1.72. The summed E-state index contributed by atoms with van der Waals surface area (Å²) in [6.07, 6.45) is 1.47. The van der Waals surface area contributed by atoms with Crippen LogP contribution in [0.1, 0.15) is 10.4 Å². The molecule has 1 N–H and O–H groups in total. The maximum atomic E-state index is 14.1. The van der Waals surface area contributed by atoms with E-state index in [0.717, 1.165) is 12.1 Å². The first kappa shape index (κ1) is 19.4. The zero-order valence-electron chi connectivity index (χ0n) is 14.8. The van der Waals surface area contributed by atoms with E-state index in [4.69, 9.17) is 0 Å². The van der Waals surface area contributed by atoms with Crippen LogP contribution in [0.2, 0.25) is 0 Å². The lowest BCUT2D eigenvalue weighted by atomic mass is 10.1. The molecule has 0 spiro atoms. The highest BCUT2D eigenvalue weighted by Gasteiger charge is 2.22. The van der Waals surface area contributed by atoms with Gasteiger partial charge in [0.15, 0.2) is 9.84 Å². The van der Waals surface area contributed by atoms with E-state index < -0.39 is 27.4 Å². The first-order valence-electron chi connectivity index (χ1n) is 8.45. The van der Waals surface area contributed by atoms with Gasteiger partial charge in [0.05, 0.1) is 17.1 Å². The van der Waals surface area contributed by atoms with Gasteiger partial charge in [-0.3, -0.25) is 14.4 Å². The number of nitrogens with zero attached hydrogens (tertiary/aromatic N) is 3. The molecule has 1 aliphatic rings. The number of benzene rings is 1. The van der Waals surface area contributed by atoms with Gasteiger partial charge in [0.25, 0.3) is 5.91 Å². The number of carbonyl (C=O) groups excluding carboxylic acids is 1. The average Bonchev–Trinajstić information content (AvgIpc) is 2.98. The van der Waals surface area contributed by atoms with Gasteiger partial charge in [0.1, 0.15) is 17.3 Å². The lowest BCUT2D eigenvalue weighted by molar-refractivity contribution is 0.0949. The Balaban J connectivity index is 1.65. The second-order valence-electron chi connectivity index (χ2n) is 6.44. The van der Waals surface area contributed by atoms with Crippen molar-refractivity contribution in [2.24, 2.45) is 7.05 Å². The maximum Gasteiger partial charge on any atom is 0.255 e. The van der Waals surface area contributed by atoms with Crippen LogP contribution in [0, 0.1) is 11.6 Å².